The number of ether oxygens (including phenoxy) is 2. The minimum Gasteiger partial charge on any atom is -0.474 e. The second kappa shape index (κ2) is 6.39. The number of nitrogens with one attached hydrogen (secondary N) is 1. The van der Waals surface area contributed by atoms with Gasteiger partial charge in [-0.1, -0.05) is 0 Å². The average molecular weight is 279 g/mol. The number of hydrogen-bond acceptors (Lipinski definition) is 5. The fourth-order valence-electron chi connectivity index (χ4n) is 2.66. The fourth-order valence-corrected chi connectivity index (χ4v) is 2.66. The molecule has 1 aromatic rings. The predicted octanol–water partition coefficient (Wildman–Crippen LogP) is 2.86. The third-order valence-corrected chi connectivity index (χ3v) is 3.49. The van der Waals surface area contributed by atoms with Crippen molar-refractivity contribution >= 4 is 5.82 Å². The van der Waals surface area contributed by atoms with E-state index >= 15 is 0 Å². The summed E-state index contributed by atoms with van der Waals surface area (Å²) < 4.78 is 11.9. The van der Waals surface area contributed by atoms with E-state index < -0.39 is 0 Å². The molecule has 0 aromatic carbocycles. The molecule has 0 aliphatic carbocycles. The molecule has 2 rings (SSSR count). The molecule has 2 unspecified atom stereocenters. The molecule has 2 atom stereocenters. The minimum atomic E-state index is 0.163. The highest BCUT2D eigenvalue weighted by Gasteiger charge is 2.27. The Morgan fingerprint density at radius 3 is 2.45 bits per heavy atom. The van der Waals surface area contributed by atoms with Gasteiger partial charge in [-0.3, -0.25) is 0 Å². The van der Waals surface area contributed by atoms with Gasteiger partial charge in [-0.25, -0.2) is 4.98 Å². The maximum Gasteiger partial charge on any atom is 0.222 e. The first-order valence-electron chi connectivity index (χ1n) is 7.40. The zero-order valence-electron chi connectivity index (χ0n) is 13.1. The van der Waals surface area contributed by atoms with Crippen molar-refractivity contribution in [2.75, 3.05) is 11.9 Å². The lowest BCUT2D eigenvalue weighted by Gasteiger charge is -2.32. The van der Waals surface area contributed by atoms with Crippen molar-refractivity contribution in [1.29, 1.82) is 0 Å². The molecule has 1 saturated heterocycles. The van der Waals surface area contributed by atoms with E-state index in [1.54, 1.807) is 0 Å². The van der Waals surface area contributed by atoms with Crippen LogP contribution in [0.5, 0.6) is 5.88 Å². The molecule has 5 nitrogen and oxygen atoms in total. The second-order valence-corrected chi connectivity index (χ2v) is 5.55. The lowest BCUT2D eigenvalue weighted by molar-refractivity contribution is -0.0731. The molecule has 1 fully saturated rings. The zero-order chi connectivity index (χ0) is 14.7. The molecule has 1 aliphatic rings. The van der Waals surface area contributed by atoms with Gasteiger partial charge >= 0.3 is 0 Å². The Bertz CT molecular complexity index is 455. The van der Waals surface area contributed by atoms with Crippen LogP contribution < -0.4 is 10.1 Å². The summed E-state index contributed by atoms with van der Waals surface area (Å²) in [6.45, 7) is 11.0. The molecule has 0 spiro atoms. The molecule has 112 valence electrons. The van der Waals surface area contributed by atoms with Crippen LogP contribution in [0, 0.1) is 13.8 Å². The molecule has 0 saturated carbocycles. The van der Waals surface area contributed by atoms with Gasteiger partial charge in [0.2, 0.25) is 5.88 Å². The number of aromatic nitrogens is 2. The summed E-state index contributed by atoms with van der Waals surface area (Å²) in [5.74, 6) is 2.29. The van der Waals surface area contributed by atoms with Gasteiger partial charge in [0.05, 0.1) is 17.8 Å². The van der Waals surface area contributed by atoms with Crippen LogP contribution in [0.2, 0.25) is 0 Å². The highest BCUT2D eigenvalue weighted by atomic mass is 16.5. The summed E-state index contributed by atoms with van der Waals surface area (Å²) in [5, 5.41) is 3.26. The maximum atomic E-state index is 6.12. The van der Waals surface area contributed by atoms with E-state index in [0.29, 0.717) is 5.88 Å². The standard InChI is InChI=1S/C15H25N3O2/c1-6-16-14-11(4)15(18-12(5)17-14)20-13-7-9(2)19-10(3)8-13/h9-10,13H,6-8H2,1-5H3,(H,16,17,18). The Labute approximate surface area is 121 Å². The van der Waals surface area contributed by atoms with Gasteiger partial charge in [0.1, 0.15) is 17.7 Å². The SMILES string of the molecule is CCNc1nc(C)nc(OC2CC(C)OC(C)C2)c1C. The van der Waals surface area contributed by atoms with Crippen LogP contribution in [0.15, 0.2) is 0 Å². The smallest absolute Gasteiger partial charge is 0.222 e. The quantitative estimate of drug-likeness (QED) is 0.918. The highest BCUT2D eigenvalue weighted by Crippen LogP contribution is 2.27. The second-order valence-electron chi connectivity index (χ2n) is 5.55. The maximum absolute atomic E-state index is 6.12. The molecule has 2 heterocycles. The van der Waals surface area contributed by atoms with Crippen LogP contribution in [0.3, 0.4) is 0 Å². The summed E-state index contributed by atoms with van der Waals surface area (Å²) in [6, 6.07) is 0. The number of nitrogens with zero attached hydrogens (tertiary/aromatic N) is 2. The van der Waals surface area contributed by atoms with Crippen LogP contribution >= 0.6 is 0 Å². The highest BCUT2D eigenvalue weighted by molar-refractivity contribution is 5.48. The summed E-state index contributed by atoms with van der Waals surface area (Å²) in [5.41, 5.74) is 0.976. The molecular weight excluding hydrogens is 254 g/mol. The van der Waals surface area contributed by atoms with Crippen LogP contribution in [-0.2, 0) is 4.74 Å². The first kappa shape index (κ1) is 15.0. The van der Waals surface area contributed by atoms with E-state index in [-0.39, 0.29) is 18.3 Å². The molecular formula is C15H25N3O2. The Morgan fingerprint density at radius 2 is 1.85 bits per heavy atom. The van der Waals surface area contributed by atoms with Gasteiger partial charge < -0.3 is 14.8 Å². The van der Waals surface area contributed by atoms with Crippen LogP contribution in [0.4, 0.5) is 5.82 Å². The van der Waals surface area contributed by atoms with Crippen molar-refractivity contribution in [3.05, 3.63) is 11.4 Å². The minimum absolute atomic E-state index is 0.163. The number of anilines is 1. The summed E-state index contributed by atoms with van der Waals surface area (Å²) in [4.78, 5) is 8.86. The van der Waals surface area contributed by atoms with Crippen molar-refractivity contribution in [1.82, 2.24) is 9.97 Å². The van der Waals surface area contributed by atoms with Crippen LogP contribution in [0.25, 0.3) is 0 Å². The molecule has 0 bridgehead atoms. The number of hydrogen-bond donors (Lipinski definition) is 1. The first-order valence-corrected chi connectivity index (χ1v) is 7.40. The van der Waals surface area contributed by atoms with Crippen LogP contribution in [0.1, 0.15) is 45.0 Å². The Kier molecular flexibility index (Phi) is 4.81. The summed E-state index contributed by atoms with van der Waals surface area (Å²) in [7, 11) is 0. The van der Waals surface area contributed by atoms with Gasteiger partial charge in [-0.2, -0.15) is 4.98 Å². The molecule has 0 radical (unpaired) electrons. The third kappa shape index (κ3) is 3.60. The van der Waals surface area contributed by atoms with E-state index in [9.17, 15) is 0 Å². The van der Waals surface area contributed by atoms with E-state index in [4.69, 9.17) is 9.47 Å². The monoisotopic (exact) mass is 279 g/mol. The Balaban J connectivity index is 2.16. The van der Waals surface area contributed by atoms with Crippen LogP contribution in [-0.4, -0.2) is 34.8 Å². The Morgan fingerprint density at radius 1 is 1.20 bits per heavy atom. The molecule has 1 aliphatic heterocycles. The van der Waals surface area contributed by atoms with E-state index in [2.05, 4.69) is 36.1 Å². The van der Waals surface area contributed by atoms with Crippen molar-refractivity contribution in [2.24, 2.45) is 0 Å². The molecule has 0 amide bonds. The Hall–Kier alpha value is -1.36. The predicted molar refractivity (Wildman–Crippen MR) is 79.3 cm³/mol. The number of aryl methyl sites for hydroxylation is 1. The summed E-state index contributed by atoms with van der Waals surface area (Å²) in [6.07, 6.45) is 2.45. The summed E-state index contributed by atoms with van der Waals surface area (Å²) >= 11 is 0. The van der Waals surface area contributed by atoms with Gasteiger partial charge in [-0.05, 0) is 34.6 Å². The topological polar surface area (TPSA) is 56.3 Å². The molecule has 5 heteroatoms. The van der Waals surface area contributed by atoms with Crippen molar-refractivity contribution in [3.63, 3.8) is 0 Å². The molecule has 20 heavy (non-hydrogen) atoms. The van der Waals surface area contributed by atoms with Gasteiger partial charge in [-0.15, -0.1) is 0 Å². The van der Waals surface area contributed by atoms with Crippen molar-refractivity contribution in [2.45, 2.75) is 65.8 Å². The lowest BCUT2D eigenvalue weighted by Crippen LogP contribution is -2.36. The lowest BCUT2D eigenvalue weighted by atomic mass is 10.0. The first-order chi connectivity index (χ1) is 9.49. The van der Waals surface area contributed by atoms with E-state index in [0.717, 1.165) is 36.6 Å². The molecule has 1 aromatic heterocycles. The third-order valence-electron chi connectivity index (χ3n) is 3.49. The average Bonchev–Trinajstić information content (AvgIpc) is 2.34. The van der Waals surface area contributed by atoms with E-state index in [1.807, 2.05) is 13.8 Å². The van der Waals surface area contributed by atoms with Gasteiger partial charge in [0.25, 0.3) is 0 Å². The normalized spacial score (nSPS) is 26.4. The van der Waals surface area contributed by atoms with Crippen molar-refractivity contribution in [3.8, 4) is 5.88 Å². The van der Waals surface area contributed by atoms with E-state index in [1.165, 1.54) is 0 Å². The molecule has 1 N–H and O–H groups in total. The van der Waals surface area contributed by atoms with Gasteiger partial charge in [0.15, 0.2) is 0 Å². The largest absolute Gasteiger partial charge is 0.474 e. The van der Waals surface area contributed by atoms with Gasteiger partial charge in [0, 0.05) is 19.4 Å². The zero-order valence-corrected chi connectivity index (χ0v) is 13.1. The fraction of sp³-hybridized carbons (Fsp3) is 0.733. The number of rotatable bonds is 4. The van der Waals surface area contributed by atoms with Crippen molar-refractivity contribution < 1.29 is 9.47 Å².